The number of nitrogens with zero attached hydrogens (tertiary/aromatic N) is 1. The second kappa shape index (κ2) is 7.46. The van der Waals surface area contributed by atoms with Gasteiger partial charge in [0.2, 0.25) is 0 Å². The van der Waals surface area contributed by atoms with E-state index in [-0.39, 0.29) is 5.97 Å². The summed E-state index contributed by atoms with van der Waals surface area (Å²) >= 11 is 0. The van der Waals surface area contributed by atoms with E-state index in [1.165, 1.54) is 0 Å². The molecule has 0 heterocycles. The molecule has 0 spiro atoms. The lowest BCUT2D eigenvalue weighted by atomic mass is 10.2. The number of hydrogen-bond donors (Lipinski definition) is 0. The molecule has 0 saturated heterocycles. The van der Waals surface area contributed by atoms with Crippen LogP contribution in [0.1, 0.15) is 34.1 Å². The average molecular weight is 213 g/mol. The number of esters is 1. The van der Waals surface area contributed by atoms with E-state index in [2.05, 4.69) is 32.3 Å². The zero-order chi connectivity index (χ0) is 11.8. The third-order valence-corrected chi connectivity index (χ3v) is 2.58. The number of hydrogen-bond acceptors (Lipinski definition) is 3. The Labute approximate surface area is 93.1 Å². The highest BCUT2D eigenvalue weighted by Crippen LogP contribution is 2.07. The Balaban J connectivity index is 4.18. The van der Waals surface area contributed by atoms with E-state index >= 15 is 0 Å². The van der Waals surface area contributed by atoms with Gasteiger partial charge in [0.05, 0.1) is 6.61 Å². The van der Waals surface area contributed by atoms with Gasteiger partial charge in [0.15, 0.2) is 0 Å². The summed E-state index contributed by atoms with van der Waals surface area (Å²) in [6.45, 7) is 13.9. The van der Waals surface area contributed by atoms with Crippen LogP contribution in [0.3, 0.4) is 0 Å². The highest BCUT2D eigenvalue weighted by molar-refractivity contribution is 5.88. The summed E-state index contributed by atoms with van der Waals surface area (Å²) in [6, 6.07) is 0.473. The molecule has 0 aliphatic carbocycles. The molecular formula is C12H23NO2. The third-order valence-electron chi connectivity index (χ3n) is 2.58. The lowest BCUT2D eigenvalue weighted by molar-refractivity contribution is -0.138. The second-order valence-electron chi connectivity index (χ2n) is 3.64. The van der Waals surface area contributed by atoms with Crippen LogP contribution in [-0.4, -0.2) is 36.6 Å². The van der Waals surface area contributed by atoms with E-state index in [9.17, 15) is 4.79 Å². The Hall–Kier alpha value is -0.830. The number of carbonyl (C=O) groups excluding carboxylic acids is 1. The maximum atomic E-state index is 11.4. The number of likely N-dealkylation sites (N-methyl/N-ethyl adjacent to an activating group) is 1. The number of carbonyl (C=O) groups is 1. The standard InChI is InChI=1S/C12H23NO2/c1-6-11(5)13(7-2)9-10(4)12(14)15-8-3/h11H,4,6-9H2,1-3,5H3. The van der Waals surface area contributed by atoms with Crippen molar-refractivity contribution in [3.8, 4) is 0 Å². The largest absolute Gasteiger partial charge is 0.463 e. The van der Waals surface area contributed by atoms with Gasteiger partial charge in [-0.2, -0.15) is 0 Å². The highest BCUT2D eigenvalue weighted by Gasteiger charge is 2.15. The summed E-state index contributed by atoms with van der Waals surface area (Å²) in [6.07, 6.45) is 1.07. The van der Waals surface area contributed by atoms with Crippen LogP contribution in [0.5, 0.6) is 0 Å². The van der Waals surface area contributed by atoms with Gasteiger partial charge >= 0.3 is 5.97 Å². The monoisotopic (exact) mass is 213 g/mol. The van der Waals surface area contributed by atoms with E-state index < -0.39 is 0 Å². The zero-order valence-corrected chi connectivity index (χ0v) is 10.4. The maximum absolute atomic E-state index is 11.4. The molecular weight excluding hydrogens is 190 g/mol. The van der Waals surface area contributed by atoms with Gasteiger partial charge < -0.3 is 4.74 Å². The normalized spacial score (nSPS) is 12.6. The van der Waals surface area contributed by atoms with E-state index in [1.54, 1.807) is 6.92 Å². The van der Waals surface area contributed by atoms with Gasteiger partial charge in [-0.05, 0) is 26.8 Å². The zero-order valence-electron chi connectivity index (χ0n) is 10.4. The van der Waals surface area contributed by atoms with Gasteiger partial charge in [0, 0.05) is 18.2 Å². The predicted molar refractivity (Wildman–Crippen MR) is 62.8 cm³/mol. The van der Waals surface area contributed by atoms with Crippen molar-refractivity contribution < 1.29 is 9.53 Å². The summed E-state index contributed by atoms with van der Waals surface area (Å²) < 4.78 is 4.90. The molecule has 0 aromatic heterocycles. The molecule has 0 N–H and O–H groups in total. The minimum absolute atomic E-state index is 0.278. The summed E-state index contributed by atoms with van der Waals surface area (Å²) in [7, 11) is 0. The minimum atomic E-state index is -0.278. The van der Waals surface area contributed by atoms with Crippen molar-refractivity contribution in [1.29, 1.82) is 0 Å². The average Bonchev–Trinajstić information content (AvgIpc) is 2.24. The first-order valence-corrected chi connectivity index (χ1v) is 5.65. The smallest absolute Gasteiger partial charge is 0.334 e. The molecule has 3 nitrogen and oxygen atoms in total. The van der Waals surface area contributed by atoms with Gasteiger partial charge in [0.1, 0.15) is 0 Å². The van der Waals surface area contributed by atoms with Gasteiger partial charge in [0.25, 0.3) is 0 Å². The van der Waals surface area contributed by atoms with E-state index in [4.69, 9.17) is 4.74 Å². The maximum Gasteiger partial charge on any atom is 0.334 e. The van der Waals surface area contributed by atoms with Gasteiger partial charge in [-0.25, -0.2) is 4.79 Å². The van der Waals surface area contributed by atoms with Crippen molar-refractivity contribution in [2.24, 2.45) is 0 Å². The Bertz CT molecular complexity index is 214. The molecule has 0 rings (SSSR count). The van der Waals surface area contributed by atoms with Crippen LogP contribution >= 0.6 is 0 Å². The first-order chi connectivity index (χ1) is 7.06. The molecule has 0 aliphatic heterocycles. The van der Waals surface area contributed by atoms with Crippen molar-refractivity contribution in [2.45, 2.75) is 40.2 Å². The van der Waals surface area contributed by atoms with Crippen molar-refractivity contribution >= 4 is 5.97 Å². The molecule has 0 amide bonds. The minimum Gasteiger partial charge on any atom is -0.463 e. The van der Waals surface area contributed by atoms with E-state index in [0.717, 1.165) is 13.0 Å². The topological polar surface area (TPSA) is 29.5 Å². The summed E-state index contributed by atoms with van der Waals surface area (Å²) in [4.78, 5) is 13.6. The Morgan fingerprint density at radius 2 is 2.00 bits per heavy atom. The van der Waals surface area contributed by atoms with Crippen molar-refractivity contribution in [2.75, 3.05) is 19.7 Å². The third kappa shape index (κ3) is 4.98. The molecule has 0 saturated carbocycles. The van der Waals surface area contributed by atoms with Crippen molar-refractivity contribution in [3.63, 3.8) is 0 Å². The summed E-state index contributed by atoms with van der Waals surface area (Å²) in [5.41, 5.74) is 0.541. The fourth-order valence-corrected chi connectivity index (χ4v) is 1.38. The lowest BCUT2D eigenvalue weighted by Gasteiger charge is -2.27. The molecule has 0 aromatic rings. The van der Waals surface area contributed by atoms with Crippen LogP contribution in [-0.2, 0) is 9.53 Å². The Morgan fingerprint density at radius 1 is 1.40 bits per heavy atom. The lowest BCUT2D eigenvalue weighted by Crippen LogP contribution is -2.35. The number of ether oxygens (including phenoxy) is 1. The molecule has 0 fully saturated rings. The SMILES string of the molecule is C=C(CN(CC)C(C)CC)C(=O)OCC. The fraction of sp³-hybridized carbons (Fsp3) is 0.750. The quantitative estimate of drug-likeness (QED) is 0.480. The number of rotatable bonds is 7. The van der Waals surface area contributed by atoms with Crippen LogP contribution in [0.15, 0.2) is 12.2 Å². The Kier molecular flexibility index (Phi) is 7.05. The van der Waals surface area contributed by atoms with E-state index in [0.29, 0.717) is 24.8 Å². The van der Waals surface area contributed by atoms with Crippen molar-refractivity contribution in [3.05, 3.63) is 12.2 Å². The first kappa shape index (κ1) is 14.2. The molecule has 0 bridgehead atoms. The van der Waals surface area contributed by atoms with Crippen LogP contribution in [0.25, 0.3) is 0 Å². The fourth-order valence-electron chi connectivity index (χ4n) is 1.38. The summed E-state index contributed by atoms with van der Waals surface area (Å²) in [5, 5.41) is 0. The van der Waals surface area contributed by atoms with Crippen LogP contribution in [0.4, 0.5) is 0 Å². The van der Waals surface area contributed by atoms with Gasteiger partial charge in [-0.1, -0.05) is 20.4 Å². The first-order valence-electron chi connectivity index (χ1n) is 5.65. The summed E-state index contributed by atoms with van der Waals surface area (Å²) in [5.74, 6) is -0.278. The predicted octanol–water partition coefficient (Wildman–Crippen LogP) is 2.23. The molecule has 15 heavy (non-hydrogen) atoms. The molecule has 88 valence electrons. The van der Waals surface area contributed by atoms with Crippen LogP contribution < -0.4 is 0 Å². The Morgan fingerprint density at radius 3 is 2.40 bits per heavy atom. The molecule has 0 radical (unpaired) electrons. The molecule has 0 aromatic carbocycles. The van der Waals surface area contributed by atoms with Crippen molar-refractivity contribution in [1.82, 2.24) is 4.90 Å². The molecule has 3 heteroatoms. The van der Waals surface area contributed by atoms with Crippen LogP contribution in [0.2, 0.25) is 0 Å². The van der Waals surface area contributed by atoms with Crippen LogP contribution in [0, 0.1) is 0 Å². The second-order valence-corrected chi connectivity index (χ2v) is 3.64. The van der Waals surface area contributed by atoms with Gasteiger partial charge in [-0.3, -0.25) is 4.90 Å². The molecule has 0 aliphatic rings. The molecule has 1 atom stereocenters. The highest BCUT2D eigenvalue weighted by atomic mass is 16.5. The molecule has 1 unspecified atom stereocenters. The van der Waals surface area contributed by atoms with E-state index in [1.807, 2.05) is 0 Å². The van der Waals surface area contributed by atoms with Gasteiger partial charge in [-0.15, -0.1) is 0 Å².